The highest BCUT2D eigenvalue weighted by Gasteiger charge is 2.29. The molecule has 1 aliphatic heterocycles. The Morgan fingerprint density at radius 3 is 2.75 bits per heavy atom. The summed E-state index contributed by atoms with van der Waals surface area (Å²) in [5, 5.41) is 3.40. The average Bonchev–Trinajstić information content (AvgIpc) is 2.88. The first-order valence-corrected chi connectivity index (χ1v) is 7.84. The van der Waals surface area contributed by atoms with Crippen molar-refractivity contribution in [1.29, 1.82) is 0 Å². The monoisotopic (exact) mass is 278 g/mol. The van der Waals surface area contributed by atoms with Crippen molar-refractivity contribution in [3.8, 4) is 0 Å². The van der Waals surface area contributed by atoms with E-state index in [1.165, 1.54) is 18.5 Å². The van der Waals surface area contributed by atoms with E-state index in [9.17, 15) is 4.39 Å². The van der Waals surface area contributed by atoms with Crippen LogP contribution in [0.4, 0.5) is 10.1 Å². The SMILES string of the molecule is CCNC(C)c1cc(F)ccc1N1CCCC1C(C)C. The fourth-order valence-electron chi connectivity index (χ4n) is 3.33. The summed E-state index contributed by atoms with van der Waals surface area (Å²) in [7, 11) is 0. The van der Waals surface area contributed by atoms with Crippen LogP contribution in [-0.4, -0.2) is 19.1 Å². The fraction of sp³-hybridized carbons (Fsp3) is 0.647. The van der Waals surface area contributed by atoms with Gasteiger partial charge in [0, 0.05) is 24.3 Å². The fourth-order valence-corrected chi connectivity index (χ4v) is 3.33. The van der Waals surface area contributed by atoms with Gasteiger partial charge in [-0.3, -0.25) is 0 Å². The third-order valence-corrected chi connectivity index (χ3v) is 4.34. The molecule has 1 N–H and O–H groups in total. The summed E-state index contributed by atoms with van der Waals surface area (Å²) in [6.45, 7) is 10.7. The van der Waals surface area contributed by atoms with E-state index in [1.54, 1.807) is 12.1 Å². The van der Waals surface area contributed by atoms with Gasteiger partial charge in [-0.25, -0.2) is 4.39 Å². The molecule has 2 rings (SSSR count). The van der Waals surface area contributed by atoms with Crippen molar-refractivity contribution in [1.82, 2.24) is 5.32 Å². The van der Waals surface area contributed by atoms with Crippen molar-refractivity contribution in [2.24, 2.45) is 5.92 Å². The zero-order valence-corrected chi connectivity index (χ0v) is 13.1. The van der Waals surface area contributed by atoms with Crippen LogP contribution in [0, 0.1) is 11.7 Å². The number of halogens is 1. The zero-order chi connectivity index (χ0) is 14.7. The number of nitrogens with zero attached hydrogens (tertiary/aromatic N) is 1. The molecule has 1 aliphatic rings. The maximum absolute atomic E-state index is 13.6. The molecule has 2 unspecified atom stereocenters. The Balaban J connectivity index is 2.35. The summed E-state index contributed by atoms with van der Waals surface area (Å²) < 4.78 is 13.6. The predicted molar refractivity (Wildman–Crippen MR) is 83.7 cm³/mol. The minimum absolute atomic E-state index is 0.145. The maximum Gasteiger partial charge on any atom is 0.123 e. The van der Waals surface area contributed by atoms with Gasteiger partial charge in [-0.15, -0.1) is 0 Å². The van der Waals surface area contributed by atoms with Crippen LogP contribution in [0.5, 0.6) is 0 Å². The van der Waals surface area contributed by atoms with E-state index in [0.29, 0.717) is 12.0 Å². The summed E-state index contributed by atoms with van der Waals surface area (Å²) in [5.41, 5.74) is 2.29. The molecular weight excluding hydrogens is 251 g/mol. The van der Waals surface area contributed by atoms with E-state index >= 15 is 0 Å². The minimum Gasteiger partial charge on any atom is -0.368 e. The molecule has 3 heteroatoms. The molecule has 0 amide bonds. The summed E-state index contributed by atoms with van der Waals surface area (Å²) in [4.78, 5) is 2.48. The van der Waals surface area contributed by atoms with Gasteiger partial charge in [0.15, 0.2) is 0 Å². The summed E-state index contributed by atoms with van der Waals surface area (Å²) in [6, 6.07) is 6.00. The molecule has 20 heavy (non-hydrogen) atoms. The van der Waals surface area contributed by atoms with E-state index in [0.717, 1.165) is 18.7 Å². The average molecular weight is 278 g/mol. The lowest BCUT2D eigenvalue weighted by molar-refractivity contribution is 0.488. The number of hydrogen-bond acceptors (Lipinski definition) is 2. The third-order valence-electron chi connectivity index (χ3n) is 4.34. The number of rotatable bonds is 5. The van der Waals surface area contributed by atoms with Crippen molar-refractivity contribution in [3.63, 3.8) is 0 Å². The van der Waals surface area contributed by atoms with E-state index in [-0.39, 0.29) is 11.9 Å². The van der Waals surface area contributed by atoms with Gasteiger partial charge in [0.2, 0.25) is 0 Å². The van der Waals surface area contributed by atoms with Crippen LogP contribution >= 0.6 is 0 Å². The third kappa shape index (κ3) is 3.14. The molecule has 1 aromatic rings. The van der Waals surface area contributed by atoms with Gasteiger partial charge in [-0.05, 0) is 56.0 Å². The smallest absolute Gasteiger partial charge is 0.123 e. The van der Waals surface area contributed by atoms with Crippen molar-refractivity contribution in [2.45, 2.75) is 52.6 Å². The Hall–Kier alpha value is -1.09. The second-order valence-electron chi connectivity index (χ2n) is 6.13. The first-order chi connectivity index (χ1) is 9.54. The molecular formula is C17H27FN2. The Labute approximate surface area is 122 Å². The van der Waals surface area contributed by atoms with E-state index in [1.807, 2.05) is 6.07 Å². The summed E-state index contributed by atoms with van der Waals surface area (Å²) in [6.07, 6.45) is 2.47. The minimum atomic E-state index is -0.145. The van der Waals surface area contributed by atoms with E-state index in [2.05, 4.69) is 37.9 Å². The van der Waals surface area contributed by atoms with Gasteiger partial charge in [-0.1, -0.05) is 20.8 Å². The molecule has 0 aliphatic carbocycles. The molecule has 2 nitrogen and oxygen atoms in total. The number of anilines is 1. The lowest BCUT2D eigenvalue weighted by atomic mass is 9.99. The van der Waals surface area contributed by atoms with Crippen LogP contribution in [0.3, 0.4) is 0 Å². The van der Waals surface area contributed by atoms with Gasteiger partial charge in [-0.2, -0.15) is 0 Å². The molecule has 0 aromatic heterocycles. The molecule has 1 heterocycles. The van der Waals surface area contributed by atoms with Crippen LogP contribution in [-0.2, 0) is 0 Å². The molecule has 0 spiro atoms. The van der Waals surface area contributed by atoms with Crippen LogP contribution in [0.25, 0.3) is 0 Å². The van der Waals surface area contributed by atoms with Crippen LogP contribution < -0.4 is 10.2 Å². The van der Waals surface area contributed by atoms with Gasteiger partial charge in [0.1, 0.15) is 5.82 Å². The van der Waals surface area contributed by atoms with Crippen molar-refractivity contribution < 1.29 is 4.39 Å². The topological polar surface area (TPSA) is 15.3 Å². The standard InChI is InChI=1S/C17H27FN2/c1-5-19-13(4)15-11-14(18)8-9-17(15)20-10-6-7-16(20)12(2)3/h8-9,11-13,16,19H,5-7,10H2,1-4H3. The van der Waals surface area contributed by atoms with Crippen LogP contribution in [0.1, 0.15) is 52.1 Å². The van der Waals surface area contributed by atoms with Gasteiger partial charge in [0.25, 0.3) is 0 Å². The zero-order valence-electron chi connectivity index (χ0n) is 13.1. The van der Waals surface area contributed by atoms with Crippen molar-refractivity contribution >= 4 is 5.69 Å². The lowest BCUT2D eigenvalue weighted by Gasteiger charge is -2.32. The quantitative estimate of drug-likeness (QED) is 0.871. The van der Waals surface area contributed by atoms with Gasteiger partial charge in [0.05, 0.1) is 0 Å². The van der Waals surface area contributed by atoms with Crippen molar-refractivity contribution in [3.05, 3.63) is 29.6 Å². The van der Waals surface area contributed by atoms with Crippen LogP contribution in [0.15, 0.2) is 18.2 Å². The molecule has 2 atom stereocenters. The highest BCUT2D eigenvalue weighted by atomic mass is 19.1. The number of hydrogen-bond donors (Lipinski definition) is 1. The van der Waals surface area contributed by atoms with Gasteiger partial charge < -0.3 is 10.2 Å². The summed E-state index contributed by atoms with van der Waals surface area (Å²) in [5.74, 6) is 0.485. The first kappa shape index (κ1) is 15.3. The van der Waals surface area contributed by atoms with E-state index in [4.69, 9.17) is 0 Å². The second kappa shape index (κ2) is 6.57. The largest absolute Gasteiger partial charge is 0.368 e. The highest BCUT2D eigenvalue weighted by molar-refractivity contribution is 5.56. The van der Waals surface area contributed by atoms with Crippen molar-refractivity contribution in [2.75, 3.05) is 18.0 Å². The Kier molecular flexibility index (Phi) is 5.03. The second-order valence-corrected chi connectivity index (χ2v) is 6.13. The van der Waals surface area contributed by atoms with Crippen LogP contribution in [0.2, 0.25) is 0 Å². The predicted octanol–water partition coefficient (Wildman–Crippen LogP) is 4.12. The molecule has 1 fully saturated rings. The summed E-state index contributed by atoms with van der Waals surface area (Å²) >= 11 is 0. The first-order valence-electron chi connectivity index (χ1n) is 7.84. The van der Waals surface area contributed by atoms with Gasteiger partial charge >= 0.3 is 0 Å². The molecule has 0 bridgehead atoms. The normalized spacial score (nSPS) is 20.7. The highest BCUT2D eigenvalue weighted by Crippen LogP contribution is 2.34. The Morgan fingerprint density at radius 2 is 2.10 bits per heavy atom. The number of nitrogens with one attached hydrogen (secondary N) is 1. The molecule has 1 aromatic carbocycles. The number of benzene rings is 1. The molecule has 112 valence electrons. The molecule has 0 radical (unpaired) electrons. The lowest BCUT2D eigenvalue weighted by Crippen LogP contribution is -2.34. The maximum atomic E-state index is 13.6. The molecule has 0 saturated carbocycles. The Bertz CT molecular complexity index is 445. The Morgan fingerprint density at radius 1 is 1.35 bits per heavy atom. The molecule has 1 saturated heterocycles. The van der Waals surface area contributed by atoms with E-state index < -0.39 is 0 Å².